The number of hydrogen-bond donors (Lipinski definition) is 1. The van der Waals surface area contributed by atoms with Crippen LogP contribution in [0.1, 0.15) is 42.7 Å². The van der Waals surface area contributed by atoms with Crippen molar-refractivity contribution in [3.8, 4) is 0 Å². The van der Waals surface area contributed by atoms with Crippen LogP contribution in [0.4, 0.5) is 0 Å². The van der Waals surface area contributed by atoms with Crippen LogP contribution in [0.5, 0.6) is 0 Å². The van der Waals surface area contributed by atoms with Crippen molar-refractivity contribution in [3.05, 3.63) is 21.9 Å². The molecule has 0 bridgehead atoms. The van der Waals surface area contributed by atoms with E-state index in [-0.39, 0.29) is 5.75 Å². The minimum Gasteiger partial charge on any atom is -0.310 e. The second-order valence-electron chi connectivity index (χ2n) is 4.79. The maximum absolute atomic E-state index is 11.4. The quantitative estimate of drug-likeness (QED) is 0.818. The van der Waals surface area contributed by atoms with Crippen LogP contribution in [0, 0.1) is 0 Å². The van der Waals surface area contributed by atoms with Gasteiger partial charge in [0.2, 0.25) is 0 Å². The number of fused-ring (bicyclic) bond motifs is 1. The Morgan fingerprint density at radius 2 is 2.33 bits per heavy atom. The molecule has 0 aliphatic heterocycles. The fourth-order valence-electron chi connectivity index (χ4n) is 2.41. The molecule has 0 spiro atoms. The molecule has 0 amide bonds. The zero-order valence-electron chi connectivity index (χ0n) is 10.8. The standard InChI is InChI=1S/C13H21NO2S2/c1-2-18(15,16)10-4-8-14-12-5-3-6-13-11(12)7-9-17-13/h7,9,12,14H,2-6,8,10H2,1H3. The maximum atomic E-state index is 11.4. The zero-order valence-corrected chi connectivity index (χ0v) is 12.4. The average Bonchev–Trinajstić information content (AvgIpc) is 2.83. The summed E-state index contributed by atoms with van der Waals surface area (Å²) < 4.78 is 22.8. The third-order valence-electron chi connectivity index (χ3n) is 3.51. The van der Waals surface area contributed by atoms with E-state index in [0.717, 1.165) is 6.54 Å². The fourth-order valence-corrected chi connectivity index (χ4v) is 4.27. The van der Waals surface area contributed by atoms with E-state index in [2.05, 4.69) is 16.8 Å². The molecule has 1 aromatic heterocycles. The van der Waals surface area contributed by atoms with Gasteiger partial charge in [-0.3, -0.25) is 0 Å². The molecule has 18 heavy (non-hydrogen) atoms. The molecule has 1 heterocycles. The number of thiophene rings is 1. The molecule has 0 saturated heterocycles. The summed E-state index contributed by atoms with van der Waals surface area (Å²) >= 11 is 1.84. The van der Waals surface area contributed by atoms with Gasteiger partial charge in [0.15, 0.2) is 0 Å². The Balaban J connectivity index is 1.79. The second kappa shape index (κ2) is 6.17. The van der Waals surface area contributed by atoms with Gasteiger partial charge in [0.1, 0.15) is 9.84 Å². The van der Waals surface area contributed by atoms with Gasteiger partial charge < -0.3 is 5.32 Å². The van der Waals surface area contributed by atoms with Gasteiger partial charge in [0.05, 0.1) is 5.75 Å². The van der Waals surface area contributed by atoms with Crippen LogP contribution in [0.2, 0.25) is 0 Å². The third kappa shape index (κ3) is 3.56. The van der Waals surface area contributed by atoms with E-state index in [1.165, 1.54) is 29.7 Å². The molecule has 5 heteroatoms. The van der Waals surface area contributed by atoms with Gasteiger partial charge in [-0.25, -0.2) is 8.42 Å². The lowest BCUT2D eigenvalue weighted by Gasteiger charge is -2.23. The highest BCUT2D eigenvalue weighted by atomic mass is 32.2. The van der Waals surface area contributed by atoms with Crippen LogP contribution in [0.25, 0.3) is 0 Å². The van der Waals surface area contributed by atoms with Crippen molar-refractivity contribution in [2.45, 2.75) is 38.6 Å². The van der Waals surface area contributed by atoms with Gasteiger partial charge in [-0.15, -0.1) is 11.3 Å². The summed E-state index contributed by atoms with van der Waals surface area (Å²) in [5.74, 6) is 0.560. The highest BCUT2D eigenvalue weighted by Crippen LogP contribution is 2.33. The van der Waals surface area contributed by atoms with E-state index in [9.17, 15) is 8.42 Å². The summed E-state index contributed by atoms with van der Waals surface area (Å²) in [4.78, 5) is 1.50. The molecule has 1 aliphatic carbocycles. The molecular formula is C13H21NO2S2. The summed E-state index contributed by atoms with van der Waals surface area (Å²) in [5, 5.41) is 5.66. The first kappa shape index (κ1) is 14.0. The summed E-state index contributed by atoms with van der Waals surface area (Å²) in [7, 11) is -2.81. The van der Waals surface area contributed by atoms with Crippen LogP contribution < -0.4 is 5.32 Å². The van der Waals surface area contributed by atoms with Crippen molar-refractivity contribution in [2.24, 2.45) is 0 Å². The molecule has 1 aliphatic rings. The van der Waals surface area contributed by atoms with E-state index in [1.54, 1.807) is 6.92 Å². The first-order chi connectivity index (χ1) is 8.62. The van der Waals surface area contributed by atoms with Gasteiger partial charge in [-0.05, 0) is 49.2 Å². The Labute approximate surface area is 114 Å². The molecule has 0 radical (unpaired) electrons. The van der Waals surface area contributed by atoms with Crippen LogP contribution in [-0.2, 0) is 16.3 Å². The first-order valence-electron chi connectivity index (χ1n) is 6.62. The monoisotopic (exact) mass is 287 g/mol. The lowest BCUT2D eigenvalue weighted by Crippen LogP contribution is -2.26. The lowest BCUT2D eigenvalue weighted by atomic mass is 9.94. The minimum atomic E-state index is -2.81. The van der Waals surface area contributed by atoms with Gasteiger partial charge in [-0.1, -0.05) is 6.92 Å². The lowest BCUT2D eigenvalue weighted by molar-refractivity contribution is 0.464. The summed E-state index contributed by atoms with van der Waals surface area (Å²) in [6.07, 6.45) is 4.32. The van der Waals surface area contributed by atoms with Crippen LogP contribution in [0.15, 0.2) is 11.4 Å². The average molecular weight is 287 g/mol. The Kier molecular flexibility index (Phi) is 4.81. The van der Waals surface area contributed by atoms with Crippen LogP contribution in [-0.4, -0.2) is 26.5 Å². The van der Waals surface area contributed by atoms with Crippen LogP contribution in [0.3, 0.4) is 0 Å². The molecule has 0 saturated carbocycles. The van der Waals surface area contributed by atoms with E-state index < -0.39 is 9.84 Å². The van der Waals surface area contributed by atoms with Crippen molar-refractivity contribution < 1.29 is 8.42 Å². The van der Waals surface area contributed by atoms with Crippen molar-refractivity contribution in [1.29, 1.82) is 0 Å². The molecule has 0 fully saturated rings. The Morgan fingerprint density at radius 1 is 1.50 bits per heavy atom. The molecule has 1 N–H and O–H groups in total. The molecule has 1 aromatic rings. The third-order valence-corrected chi connectivity index (χ3v) is 6.30. The van der Waals surface area contributed by atoms with Gasteiger partial charge in [0.25, 0.3) is 0 Å². The normalized spacial score (nSPS) is 19.7. The van der Waals surface area contributed by atoms with Gasteiger partial charge >= 0.3 is 0 Å². The smallest absolute Gasteiger partial charge is 0.150 e. The van der Waals surface area contributed by atoms with Gasteiger partial charge in [-0.2, -0.15) is 0 Å². The zero-order chi connectivity index (χ0) is 13.0. The number of nitrogens with one attached hydrogen (secondary N) is 1. The molecule has 1 atom stereocenters. The van der Waals surface area contributed by atoms with Crippen molar-refractivity contribution >= 4 is 21.2 Å². The predicted molar refractivity (Wildman–Crippen MR) is 76.9 cm³/mol. The molecule has 2 rings (SSSR count). The Hall–Kier alpha value is -0.390. The molecule has 0 aromatic carbocycles. The highest BCUT2D eigenvalue weighted by Gasteiger charge is 2.20. The van der Waals surface area contributed by atoms with Crippen molar-refractivity contribution in [2.75, 3.05) is 18.1 Å². The summed E-state index contributed by atoms with van der Waals surface area (Å²) in [5.41, 5.74) is 1.43. The van der Waals surface area contributed by atoms with Crippen molar-refractivity contribution in [3.63, 3.8) is 0 Å². The maximum Gasteiger partial charge on any atom is 0.150 e. The SMILES string of the molecule is CCS(=O)(=O)CCCNC1CCCc2sccc21. The number of rotatable bonds is 6. The predicted octanol–water partition coefficient (Wildman–Crippen LogP) is 2.54. The molecular weight excluding hydrogens is 266 g/mol. The topological polar surface area (TPSA) is 46.2 Å². The first-order valence-corrected chi connectivity index (χ1v) is 9.32. The molecule has 1 unspecified atom stereocenters. The van der Waals surface area contributed by atoms with E-state index in [1.807, 2.05) is 11.3 Å². The molecule has 102 valence electrons. The van der Waals surface area contributed by atoms with E-state index in [4.69, 9.17) is 0 Å². The number of aryl methyl sites for hydroxylation is 1. The van der Waals surface area contributed by atoms with Crippen molar-refractivity contribution in [1.82, 2.24) is 5.32 Å². The highest BCUT2D eigenvalue weighted by molar-refractivity contribution is 7.91. The summed E-state index contributed by atoms with van der Waals surface area (Å²) in [6.45, 7) is 2.50. The minimum absolute atomic E-state index is 0.255. The number of hydrogen-bond acceptors (Lipinski definition) is 4. The molecule has 3 nitrogen and oxygen atoms in total. The Morgan fingerprint density at radius 3 is 3.11 bits per heavy atom. The number of sulfone groups is 1. The largest absolute Gasteiger partial charge is 0.310 e. The second-order valence-corrected chi connectivity index (χ2v) is 8.26. The summed E-state index contributed by atoms with van der Waals surface area (Å²) in [6, 6.07) is 2.64. The van der Waals surface area contributed by atoms with E-state index in [0.29, 0.717) is 18.2 Å². The Bertz CT molecular complexity index is 479. The van der Waals surface area contributed by atoms with E-state index >= 15 is 0 Å². The van der Waals surface area contributed by atoms with Gasteiger partial charge in [0, 0.05) is 16.7 Å². The van der Waals surface area contributed by atoms with Crippen LogP contribution >= 0.6 is 11.3 Å². The fraction of sp³-hybridized carbons (Fsp3) is 0.692.